The van der Waals surface area contributed by atoms with Crippen molar-refractivity contribution in [2.24, 2.45) is 5.73 Å². The Morgan fingerprint density at radius 3 is 2.58 bits per heavy atom. The molecule has 1 aliphatic heterocycles. The Labute approximate surface area is 144 Å². The minimum Gasteiger partial charge on any atom is -0.341 e. The molecule has 1 aliphatic rings. The molecule has 0 spiro atoms. The number of fused-ring (bicyclic) bond motifs is 1. The van der Waals surface area contributed by atoms with Crippen LogP contribution in [0.4, 0.5) is 0 Å². The predicted molar refractivity (Wildman–Crippen MR) is 99.0 cm³/mol. The van der Waals surface area contributed by atoms with E-state index < -0.39 is 0 Å². The van der Waals surface area contributed by atoms with E-state index in [2.05, 4.69) is 35.9 Å². The number of aromatic nitrogens is 1. The number of likely N-dealkylation sites (tertiary alicyclic amines) is 1. The summed E-state index contributed by atoms with van der Waals surface area (Å²) < 4.78 is 2.11. The lowest BCUT2D eigenvalue weighted by Crippen LogP contribution is -2.34. The van der Waals surface area contributed by atoms with E-state index in [-0.39, 0.29) is 11.9 Å². The van der Waals surface area contributed by atoms with Crippen LogP contribution in [-0.2, 0) is 17.8 Å². The first-order chi connectivity index (χ1) is 11.7. The zero-order valence-corrected chi connectivity index (χ0v) is 14.7. The second-order valence-corrected chi connectivity index (χ2v) is 6.97. The standard InChI is InChI=1S/C20H29N3O/c1-2-17(21)13-16-14-23(19-10-6-5-9-18(16)19)15-20(24)22-11-7-3-4-8-12-22/h5-6,9-10,14,17H,2-4,7-8,11-13,15,21H2,1H3. The van der Waals surface area contributed by atoms with Gasteiger partial charge in [-0.3, -0.25) is 4.79 Å². The largest absolute Gasteiger partial charge is 0.341 e. The minimum atomic E-state index is 0.172. The molecule has 1 aromatic carbocycles. The van der Waals surface area contributed by atoms with E-state index >= 15 is 0 Å². The maximum Gasteiger partial charge on any atom is 0.242 e. The molecule has 1 unspecified atom stereocenters. The Morgan fingerprint density at radius 2 is 1.88 bits per heavy atom. The Bertz CT molecular complexity index is 683. The van der Waals surface area contributed by atoms with Gasteiger partial charge in [0.1, 0.15) is 6.54 Å². The topological polar surface area (TPSA) is 51.3 Å². The van der Waals surface area contributed by atoms with Crippen molar-refractivity contribution in [2.75, 3.05) is 13.1 Å². The summed E-state index contributed by atoms with van der Waals surface area (Å²) in [5.74, 6) is 0.240. The van der Waals surface area contributed by atoms with Crippen molar-refractivity contribution in [3.05, 3.63) is 36.0 Å². The van der Waals surface area contributed by atoms with Gasteiger partial charge in [0.2, 0.25) is 5.91 Å². The first-order valence-corrected chi connectivity index (χ1v) is 9.29. The van der Waals surface area contributed by atoms with Crippen LogP contribution in [0.25, 0.3) is 10.9 Å². The molecule has 4 nitrogen and oxygen atoms in total. The molecule has 1 amide bonds. The smallest absolute Gasteiger partial charge is 0.242 e. The highest BCUT2D eigenvalue weighted by molar-refractivity contribution is 5.86. The van der Waals surface area contributed by atoms with Crippen LogP contribution in [0.2, 0.25) is 0 Å². The van der Waals surface area contributed by atoms with Crippen molar-refractivity contribution in [3.8, 4) is 0 Å². The van der Waals surface area contributed by atoms with Gasteiger partial charge in [-0.1, -0.05) is 38.0 Å². The van der Waals surface area contributed by atoms with Gasteiger partial charge < -0.3 is 15.2 Å². The number of amides is 1. The summed E-state index contributed by atoms with van der Waals surface area (Å²) in [5.41, 5.74) is 8.55. The van der Waals surface area contributed by atoms with E-state index in [9.17, 15) is 4.79 Å². The highest BCUT2D eigenvalue weighted by Gasteiger charge is 2.18. The second kappa shape index (κ2) is 7.84. The summed E-state index contributed by atoms with van der Waals surface area (Å²) in [4.78, 5) is 14.8. The summed E-state index contributed by atoms with van der Waals surface area (Å²) in [6, 6.07) is 8.51. The molecule has 3 rings (SSSR count). The normalized spacial score (nSPS) is 17.0. The average Bonchev–Trinajstić information content (AvgIpc) is 2.79. The molecule has 0 saturated carbocycles. The molecule has 1 atom stereocenters. The van der Waals surface area contributed by atoms with Gasteiger partial charge in [0, 0.05) is 36.2 Å². The van der Waals surface area contributed by atoms with Gasteiger partial charge in [0.25, 0.3) is 0 Å². The quantitative estimate of drug-likeness (QED) is 0.916. The molecule has 4 heteroatoms. The zero-order chi connectivity index (χ0) is 16.9. The third-order valence-corrected chi connectivity index (χ3v) is 5.14. The van der Waals surface area contributed by atoms with Gasteiger partial charge in [-0.2, -0.15) is 0 Å². The number of benzene rings is 1. The van der Waals surface area contributed by atoms with Crippen LogP contribution in [0.3, 0.4) is 0 Å². The molecule has 1 aromatic heterocycles. The van der Waals surface area contributed by atoms with Gasteiger partial charge in [-0.05, 0) is 37.3 Å². The molecule has 0 radical (unpaired) electrons. The summed E-state index contributed by atoms with van der Waals surface area (Å²) in [5, 5.41) is 1.23. The average molecular weight is 327 g/mol. The van der Waals surface area contributed by atoms with Crippen LogP contribution in [0.15, 0.2) is 30.5 Å². The van der Waals surface area contributed by atoms with E-state index in [0.29, 0.717) is 6.54 Å². The molecule has 130 valence electrons. The third kappa shape index (κ3) is 3.81. The van der Waals surface area contributed by atoms with Crippen LogP contribution in [0.1, 0.15) is 44.6 Å². The highest BCUT2D eigenvalue weighted by atomic mass is 16.2. The Hall–Kier alpha value is -1.81. The van der Waals surface area contributed by atoms with E-state index in [1.807, 2.05) is 11.0 Å². The van der Waals surface area contributed by atoms with Gasteiger partial charge in [-0.25, -0.2) is 0 Å². The third-order valence-electron chi connectivity index (χ3n) is 5.14. The SMILES string of the molecule is CCC(N)Cc1cn(CC(=O)N2CCCCCC2)c2ccccc12. The summed E-state index contributed by atoms with van der Waals surface area (Å²) in [7, 11) is 0. The molecule has 0 bridgehead atoms. The molecule has 1 fully saturated rings. The van der Waals surface area contributed by atoms with Crippen LogP contribution in [0, 0.1) is 0 Å². The maximum absolute atomic E-state index is 12.7. The van der Waals surface area contributed by atoms with E-state index in [4.69, 9.17) is 5.73 Å². The molecule has 2 aromatic rings. The predicted octanol–water partition coefficient (Wildman–Crippen LogP) is 3.32. The van der Waals surface area contributed by atoms with Crippen LogP contribution < -0.4 is 5.73 Å². The molecule has 2 heterocycles. The number of carbonyl (C=O) groups excluding carboxylic acids is 1. The Morgan fingerprint density at radius 1 is 1.17 bits per heavy atom. The fourth-order valence-electron chi connectivity index (χ4n) is 3.61. The lowest BCUT2D eigenvalue weighted by molar-refractivity contribution is -0.131. The number of nitrogens with two attached hydrogens (primary N) is 1. The Kier molecular flexibility index (Phi) is 5.56. The van der Waals surface area contributed by atoms with Crippen molar-refractivity contribution in [1.29, 1.82) is 0 Å². The number of rotatable bonds is 5. The van der Waals surface area contributed by atoms with Crippen LogP contribution in [-0.4, -0.2) is 34.5 Å². The molecular formula is C20H29N3O. The number of hydrogen-bond acceptors (Lipinski definition) is 2. The number of nitrogens with zero attached hydrogens (tertiary/aromatic N) is 2. The van der Waals surface area contributed by atoms with Gasteiger partial charge in [0.05, 0.1) is 0 Å². The molecule has 0 aliphatic carbocycles. The van der Waals surface area contributed by atoms with Gasteiger partial charge >= 0.3 is 0 Å². The molecular weight excluding hydrogens is 298 g/mol. The van der Waals surface area contributed by atoms with Crippen molar-refractivity contribution in [1.82, 2.24) is 9.47 Å². The molecule has 1 saturated heterocycles. The van der Waals surface area contributed by atoms with Crippen molar-refractivity contribution in [3.63, 3.8) is 0 Å². The highest BCUT2D eigenvalue weighted by Crippen LogP contribution is 2.23. The monoisotopic (exact) mass is 327 g/mol. The number of para-hydroxylation sites is 1. The van der Waals surface area contributed by atoms with Gasteiger partial charge in [0.15, 0.2) is 0 Å². The van der Waals surface area contributed by atoms with Crippen LogP contribution >= 0.6 is 0 Å². The number of carbonyl (C=O) groups is 1. The van der Waals surface area contributed by atoms with E-state index in [1.54, 1.807) is 0 Å². The lowest BCUT2D eigenvalue weighted by Gasteiger charge is -2.20. The van der Waals surface area contributed by atoms with Gasteiger partial charge in [-0.15, -0.1) is 0 Å². The maximum atomic E-state index is 12.7. The van der Waals surface area contributed by atoms with Crippen molar-refractivity contribution < 1.29 is 4.79 Å². The summed E-state index contributed by atoms with van der Waals surface area (Å²) in [6.45, 7) is 4.37. The first-order valence-electron chi connectivity index (χ1n) is 9.29. The second-order valence-electron chi connectivity index (χ2n) is 6.97. The van der Waals surface area contributed by atoms with Crippen molar-refractivity contribution in [2.45, 2.75) is 58.0 Å². The summed E-state index contributed by atoms with van der Waals surface area (Å²) >= 11 is 0. The van der Waals surface area contributed by atoms with E-state index in [1.165, 1.54) is 23.8 Å². The molecule has 2 N–H and O–H groups in total. The lowest BCUT2D eigenvalue weighted by atomic mass is 10.0. The Balaban J connectivity index is 1.82. The summed E-state index contributed by atoms with van der Waals surface area (Å²) in [6.07, 6.45) is 8.72. The van der Waals surface area contributed by atoms with E-state index in [0.717, 1.165) is 44.3 Å². The first kappa shape index (κ1) is 17.0. The van der Waals surface area contributed by atoms with Crippen molar-refractivity contribution >= 4 is 16.8 Å². The fraction of sp³-hybridized carbons (Fsp3) is 0.550. The zero-order valence-electron chi connectivity index (χ0n) is 14.7. The van der Waals surface area contributed by atoms with Crippen LogP contribution in [0.5, 0.6) is 0 Å². The minimum absolute atomic E-state index is 0.172. The molecule has 24 heavy (non-hydrogen) atoms. The fourth-order valence-corrected chi connectivity index (χ4v) is 3.61. The number of hydrogen-bond donors (Lipinski definition) is 1.